The van der Waals surface area contributed by atoms with Crippen LogP contribution in [-0.2, 0) is 14.4 Å². The van der Waals surface area contributed by atoms with Crippen LogP contribution in [-0.4, -0.2) is 44.2 Å². The summed E-state index contributed by atoms with van der Waals surface area (Å²) in [5, 5.41) is 18.4. The lowest BCUT2D eigenvalue weighted by molar-refractivity contribution is -0.152. The maximum atomic E-state index is 11.4. The van der Waals surface area contributed by atoms with Crippen molar-refractivity contribution < 1.29 is 29.4 Å². The maximum absolute atomic E-state index is 11.4. The lowest BCUT2D eigenvalue weighted by atomic mass is 10.5. The Morgan fingerprint density at radius 2 is 1.61 bits per heavy atom. The van der Waals surface area contributed by atoms with E-state index in [-0.39, 0.29) is 0 Å². The van der Waals surface area contributed by atoms with E-state index in [1.807, 2.05) is 0 Å². The number of amides is 2. The zero-order valence-corrected chi connectivity index (χ0v) is 8.94. The molecule has 8 heteroatoms. The minimum absolute atomic E-state index is 0.473. The second-order valence-corrected chi connectivity index (χ2v) is 3.40. The molecule has 2 heterocycles. The van der Waals surface area contributed by atoms with Crippen molar-refractivity contribution in [3.63, 3.8) is 0 Å². The van der Waals surface area contributed by atoms with Crippen LogP contribution in [0, 0.1) is 0 Å². The summed E-state index contributed by atoms with van der Waals surface area (Å²) in [6, 6.07) is 2.21. The lowest BCUT2D eigenvalue weighted by Gasteiger charge is -2.13. The highest BCUT2D eigenvalue weighted by atomic mass is 16.7. The van der Waals surface area contributed by atoms with Gasteiger partial charge in [-0.2, -0.15) is 0 Å². The van der Waals surface area contributed by atoms with Gasteiger partial charge in [0, 0.05) is 24.3 Å². The highest BCUT2D eigenvalue weighted by Crippen LogP contribution is 2.18. The van der Waals surface area contributed by atoms with Gasteiger partial charge in [0.1, 0.15) is 6.54 Å². The molecule has 2 amide bonds. The van der Waals surface area contributed by atoms with Crippen molar-refractivity contribution >= 4 is 17.8 Å². The number of carbonyl (C=O) groups is 3. The van der Waals surface area contributed by atoms with Gasteiger partial charge in [-0.3, -0.25) is 14.5 Å². The molecule has 0 saturated heterocycles. The van der Waals surface area contributed by atoms with E-state index in [4.69, 9.17) is 0 Å². The van der Waals surface area contributed by atoms with Crippen molar-refractivity contribution in [2.45, 2.75) is 0 Å². The van der Waals surface area contributed by atoms with Gasteiger partial charge < -0.3 is 15.1 Å². The van der Waals surface area contributed by atoms with Crippen LogP contribution in [0.2, 0.25) is 0 Å². The Hall–Kier alpha value is -2.77. The van der Waals surface area contributed by atoms with Crippen molar-refractivity contribution in [2.75, 3.05) is 6.54 Å². The third-order valence-electron chi connectivity index (χ3n) is 2.18. The first kappa shape index (κ1) is 11.7. The highest BCUT2D eigenvalue weighted by Gasteiger charge is 2.27. The molecule has 1 aromatic rings. The number of aromatic hydroxyl groups is 2. The molecule has 8 nitrogen and oxygen atoms in total. The van der Waals surface area contributed by atoms with E-state index in [1.54, 1.807) is 0 Å². The summed E-state index contributed by atoms with van der Waals surface area (Å²) in [7, 11) is 0. The molecule has 0 unspecified atom stereocenters. The monoisotopic (exact) mass is 252 g/mol. The number of hydrogen-bond acceptors (Lipinski definition) is 6. The summed E-state index contributed by atoms with van der Waals surface area (Å²) >= 11 is 0. The van der Waals surface area contributed by atoms with E-state index < -0.39 is 36.1 Å². The van der Waals surface area contributed by atoms with Gasteiger partial charge in [-0.05, 0) is 0 Å². The minimum atomic E-state index is -0.984. The second-order valence-electron chi connectivity index (χ2n) is 3.40. The van der Waals surface area contributed by atoms with Crippen molar-refractivity contribution in [1.82, 2.24) is 9.63 Å². The molecule has 18 heavy (non-hydrogen) atoms. The first-order valence-corrected chi connectivity index (χ1v) is 4.83. The average molecular weight is 252 g/mol. The van der Waals surface area contributed by atoms with Crippen molar-refractivity contribution in [3.8, 4) is 11.8 Å². The van der Waals surface area contributed by atoms with E-state index in [0.29, 0.717) is 9.63 Å². The van der Waals surface area contributed by atoms with Gasteiger partial charge in [0.2, 0.25) is 11.8 Å². The molecule has 1 aliphatic rings. The predicted octanol–water partition coefficient (Wildman–Crippen LogP) is -1.22. The maximum Gasteiger partial charge on any atom is 0.352 e. The molecule has 1 aliphatic heterocycles. The van der Waals surface area contributed by atoms with Gasteiger partial charge >= 0.3 is 5.97 Å². The lowest BCUT2D eigenvalue weighted by Crippen LogP contribution is -2.38. The van der Waals surface area contributed by atoms with Gasteiger partial charge in [0.25, 0.3) is 11.8 Å². The summed E-state index contributed by atoms with van der Waals surface area (Å²) in [5.74, 6) is -3.21. The molecular formula is C10H8N2O6. The predicted molar refractivity (Wildman–Crippen MR) is 55.2 cm³/mol. The Kier molecular flexibility index (Phi) is 2.76. The standard InChI is InChI=1S/C10H8N2O6/c13-6-1-2-7(14)11(6)5-10(17)18-12-8(15)3-4-9(12)16/h1-4,15-16H,5H2. The zero-order chi connectivity index (χ0) is 13.3. The molecule has 0 aromatic carbocycles. The topological polar surface area (TPSA) is 109 Å². The summed E-state index contributed by atoms with van der Waals surface area (Å²) < 4.78 is 0.473. The molecule has 0 radical (unpaired) electrons. The van der Waals surface area contributed by atoms with Crippen LogP contribution in [0.25, 0.3) is 0 Å². The summed E-state index contributed by atoms with van der Waals surface area (Å²) in [6.45, 7) is -0.609. The summed E-state index contributed by atoms with van der Waals surface area (Å²) in [6.07, 6.45) is 2.06. The van der Waals surface area contributed by atoms with E-state index >= 15 is 0 Å². The van der Waals surface area contributed by atoms with Crippen LogP contribution < -0.4 is 4.84 Å². The molecule has 94 valence electrons. The van der Waals surface area contributed by atoms with Gasteiger partial charge in [0.05, 0.1) is 0 Å². The molecule has 0 spiro atoms. The zero-order valence-electron chi connectivity index (χ0n) is 8.94. The molecule has 0 bridgehead atoms. The molecule has 0 atom stereocenters. The van der Waals surface area contributed by atoms with Crippen molar-refractivity contribution in [3.05, 3.63) is 24.3 Å². The van der Waals surface area contributed by atoms with Crippen LogP contribution in [0.4, 0.5) is 0 Å². The first-order chi connectivity index (χ1) is 8.49. The Labute approximate surface area is 100 Å². The van der Waals surface area contributed by atoms with Gasteiger partial charge in [-0.25, -0.2) is 4.79 Å². The number of carbonyl (C=O) groups excluding carboxylic acids is 3. The number of aromatic nitrogens is 1. The number of nitrogens with zero attached hydrogens (tertiary/aromatic N) is 2. The minimum Gasteiger partial charge on any atom is -0.492 e. The Bertz CT molecular complexity index is 521. The van der Waals surface area contributed by atoms with Crippen LogP contribution >= 0.6 is 0 Å². The van der Waals surface area contributed by atoms with E-state index in [9.17, 15) is 24.6 Å². The summed E-state index contributed by atoms with van der Waals surface area (Å²) in [5.41, 5.74) is 0. The van der Waals surface area contributed by atoms with Gasteiger partial charge in [-0.1, -0.05) is 0 Å². The second kappa shape index (κ2) is 4.24. The fraction of sp³-hybridized carbons (Fsp3) is 0.100. The quantitative estimate of drug-likeness (QED) is 0.652. The normalized spacial score (nSPS) is 14.3. The number of imide groups is 1. The number of hydrogen-bond donors (Lipinski definition) is 2. The van der Waals surface area contributed by atoms with Crippen LogP contribution in [0.15, 0.2) is 24.3 Å². The fourth-order valence-electron chi connectivity index (χ4n) is 1.34. The Morgan fingerprint density at radius 1 is 1.11 bits per heavy atom. The Balaban J connectivity index is 2.02. The van der Waals surface area contributed by atoms with Crippen LogP contribution in [0.3, 0.4) is 0 Å². The first-order valence-electron chi connectivity index (χ1n) is 4.83. The molecule has 1 aromatic heterocycles. The average Bonchev–Trinajstić information content (AvgIpc) is 2.79. The van der Waals surface area contributed by atoms with Gasteiger partial charge in [0.15, 0.2) is 0 Å². The molecule has 2 N–H and O–H groups in total. The van der Waals surface area contributed by atoms with Gasteiger partial charge in [-0.15, -0.1) is 4.73 Å². The van der Waals surface area contributed by atoms with Crippen molar-refractivity contribution in [2.24, 2.45) is 0 Å². The third-order valence-corrected chi connectivity index (χ3v) is 2.18. The smallest absolute Gasteiger partial charge is 0.352 e. The largest absolute Gasteiger partial charge is 0.492 e. The van der Waals surface area contributed by atoms with E-state index in [2.05, 4.69) is 4.84 Å². The number of rotatable bonds is 3. The summed E-state index contributed by atoms with van der Waals surface area (Å²) in [4.78, 5) is 39.0. The highest BCUT2D eigenvalue weighted by molar-refractivity contribution is 6.14. The SMILES string of the molecule is O=C(CN1C(=O)C=CC1=O)On1c(O)ccc1O. The van der Waals surface area contributed by atoms with Crippen LogP contribution in [0.5, 0.6) is 11.8 Å². The van der Waals surface area contributed by atoms with Crippen LogP contribution in [0.1, 0.15) is 0 Å². The molecule has 0 aliphatic carbocycles. The molecule has 2 rings (SSSR count). The van der Waals surface area contributed by atoms with E-state index in [0.717, 1.165) is 24.3 Å². The Morgan fingerprint density at radius 3 is 2.11 bits per heavy atom. The third kappa shape index (κ3) is 2.03. The van der Waals surface area contributed by atoms with E-state index in [1.165, 1.54) is 0 Å². The molecular weight excluding hydrogens is 244 g/mol. The molecule has 0 saturated carbocycles. The molecule has 0 fully saturated rings. The van der Waals surface area contributed by atoms with Crippen molar-refractivity contribution in [1.29, 1.82) is 0 Å². The fourth-order valence-corrected chi connectivity index (χ4v) is 1.34.